The Hall–Kier alpha value is -1.78. The summed E-state index contributed by atoms with van der Waals surface area (Å²) in [5, 5.41) is 8.38. The molecule has 0 saturated carbocycles. The second-order valence-corrected chi connectivity index (χ2v) is 5.92. The zero-order valence-corrected chi connectivity index (χ0v) is 11.9. The van der Waals surface area contributed by atoms with Crippen LogP contribution in [0.25, 0.3) is 0 Å². The first-order chi connectivity index (χ1) is 8.86. The predicted octanol–water partition coefficient (Wildman–Crippen LogP) is 1.59. The molecule has 1 N–H and O–H groups in total. The van der Waals surface area contributed by atoms with E-state index in [0.717, 1.165) is 0 Å². The fourth-order valence-corrected chi connectivity index (χ4v) is 2.37. The highest BCUT2D eigenvalue weighted by molar-refractivity contribution is 7.90. The average molecular weight is 283 g/mol. The molecule has 0 amide bonds. The Morgan fingerprint density at radius 2 is 1.95 bits per heavy atom. The van der Waals surface area contributed by atoms with Crippen molar-refractivity contribution in [2.75, 3.05) is 18.4 Å². The first-order valence-corrected chi connectivity index (χ1v) is 7.16. The zero-order valence-electron chi connectivity index (χ0n) is 11.1. The molecule has 0 bridgehead atoms. The lowest BCUT2D eigenvalue weighted by atomic mass is 10.3. The molecule has 7 heteroatoms. The Morgan fingerprint density at radius 1 is 1.37 bits per heavy atom. The highest BCUT2D eigenvalue weighted by Crippen LogP contribution is 2.17. The third-order valence-electron chi connectivity index (χ3n) is 2.51. The summed E-state index contributed by atoms with van der Waals surface area (Å²) in [6, 6.07) is 8.09. The minimum absolute atomic E-state index is 0.0405. The van der Waals surface area contributed by atoms with Crippen LogP contribution in [0, 0.1) is 11.3 Å². The Morgan fingerprint density at radius 3 is 2.42 bits per heavy atom. The van der Waals surface area contributed by atoms with Gasteiger partial charge in [0.1, 0.15) is 11.8 Å². The first-order valence-electron chi connectivity index (χ1n) is 5.72. The molecule has 0 aliphatic heterocycles. The minimum atomic E-state index is -3.55. The SMILES string of the molecule is CC(C)N(C)S(=O)(=O)Nc1ccc(OCC#N)cc1. The number of nitriles is 1. The van der Waals surface area contributed by atoms with Gasteiger partial charge in [-0.1, -0.05) is 0 Å². The van der Waals surface area contributed by atoms with Gasteiger partial charge in [0.2, 0.25) is 0 Å². The van der Waals surface area contributed by atoms with Crippen molar-refractivity contribution in [2.24, 2.45) is 0 Å². The van der Waals surface area contributed by atoms with Crippen molar-refractivity contribution in [3.8, 4) is 11.8 Å². The smallest absolute Gasteiger partial charge is 0.301 e. The summed E-state index contributed by atoms with van der Waals surface area (Å²) >= 11 is 0. The normalized spacial score (nSPS) is 11.4. The fraction of sp³-hybridized carbons (Fsp3) is 0.417. The molecule has 0 atom stereocenters. The van der Waals surface area contributed by atoms with Crippen molar-refractivity contribution in [1.82, 2.24) is 4.31 Å². The van der Waals surface area contributed by atoms with Gasteiger partial charge in [0.15, 0.2) is 6.61 Å². The number of ether oxygens (including phenoxy) is 1. The Kier molecular flexibility index (Phi) is 5.15. The van der Waals surface area contributed by atoms with E-state index in [1.54, 1.807) is 38.1 Å². The minimum Gasteiger partial charge on any atom is -0.479 e. The third-order valence-corrected chi connectivity index (χ3v) is 4.18. The molecule has 0 saturated heterocycles. The summed E-state index contributed by atoms with van der Waals surface area (Å²) in [7, 11) is -2.04. The van der Waals surface area contributed by atoms with E-state index in [1.807, 2.05) is 6.07 Å². The van der Waals surface area contributed by atoms with E-state index in [9.17, 15) is 8.42 Å². The van der Waals surface area contributed by atoms with Crippen LogP contribution in [0.2, 0.25) is 0 Å². The number of benzene rings is 1. The lowest BCUT2D eigenvalue weighted by Gasteiger charge is -2.21. The van der Waals surface area contributed by atoms with Gasteiger partial charge in [-0.2, -0.15) is 18.0 Å². The van der Waals surface area contributed by atoms with Crippen LogP contribution >= 0.6 is 0 Å². The quantitative estimate of drug-likeness (QED) is 0.859. The van der Waals surface area contributed by atoms with E-state index in [1.165, 1.54) is 11.4 Å². The maximum Gasteiger partial charge on any atom is 0.301 e. The highest BCUT2D eigenvalue weighted by atomic mass is 32.2. The third kappa shape index (κ3) is 4.43. The van der Waals surface area contributed by atoms with E-state index < -0.39 is 10.2 Å². The molecule has 0 aliphatic rings. The van der Waals surface area contributed by atoms with Crippen LogP contribution in [-0.2, 0) is 10.2 Å². The number of hydrogen-bond acceptors (Lipinski definition) is 4. The van der Waals surface area contributed by atoms with Gasteiger partial charge >= 0.3 is 10.2 Å². The number of anilines is 1. The fourth-order valence-electron chi connectivity index (χ4n) is 1.23. The lowest BCUT2D eigenvalue weighted by molar-refractivity contribution is 0.368. The number of hydrogen-bond donors (Lipinski definition) is 1. The molecule has 1 aromatic rings. The first kappa shape index (κ1) is 15.3. The van der Waals surface area contributed by atoms with Crippen LogP contribution in [0.4, 0.5) is 5.69 Å². The van der Waals surface area contributed by atoms with Crippen LogP contribution in [0.5, 0.6) is 5.75 Å². The van der Waals surface area contributed by atoms with Crippen molar-refractivity contribution in [2.45, 2.75) is 19.9 Å². The summed E-state index contributed by atoms with van der Waals surface area (Å²) in [6.07, 6.45) is 0. The summed E-state index contributed by atoms with van der Waals surface area (Å²) in [4.78, 5) is 0. The summed E-state index contributed by atoms with van der Waals surface area (Å²) in [6.45, 7) is 3.54. The lowest BCUT2D eigenvalue weighted by Crippen LogP contribution is -2.37. The molecule has 0 radical (unpaired) electrons. The van der Waals surface area contributed by atoms with Crippen molar-refractivity contribution in [3.05, 3.63) is 24.3 Å². The van der Waals surface area contributed by atoms with Gasteiger partial charge in [-0.25, -0.2) is 0 Å². The van der Waals surface area contributed by atoms with E-state index in [-0.39, 0.29) is 12.6 Å². The van der Waals surface area contributed by atoms with Gasteiger partial charge in [-0.3, -0.25) is 4.72 Å². The van der Waals surface area contributed by atoms with Gasteiger partial charge in [-0.15, -0.1) is 0 Å². The maximum absolute atomic E-state index is 11.9. The van der Waals surface area contributed by atoms with Crippen LogP contribution < -0.4 is 9.46 Å². The van der Waals surface area contributed by atoms with Gasteiger partial charge < -0.3 is 4.74 Å². The molecule has 104 valence electrons. The standard InChI is InChI=1S/C12H17N3O3S/c1-10(2)15(3)19(16,17)14-11-4-6-12(7-5-11)18-9-8-13/h4-7,10,14H,9H2,1-3H3. The van der Waals surface area contributed by atoms with E-state index in [4.69, 9.17) is 10.00 Å². The average Bonchev–Trinajstić information content (AvgIpc) is 2.36. The highest BCUT2D eigenvalue weighted by Gasteiger charge is 2.20. The largest absolute Gasteiger partial charge is 0.479 e. The molecular weight excluding hydrogens is 266 g/mol. The van der Waals surface area contributed by atoms with E-state index in [2.05, 4.69) is 4.72 Å². The van der Waals surface area contributed by atoms with Gasteiger partial charge in [0.05, 0.1) is 5.69 Å². The molecule has 6 nitrogen and oxygen atoms in total. The second-order valence-electron chi connectivity index (χ2n) is 4.19. The zero-order chi connectivity index (χ0) is 14.5. The van der Waals surface area contributed by atoms with Gasteiger partial charge in [0.25, 0.3) is 0 Å². The Balaban J connectivity index is 2.76. The molecular formula is C12H17N3O3S. The van der Waals surface area contributed by atoms with E-state index >= 15 is 0 Å². The van der Waals surface area contributed by atoms with E-state index in [0.29, 0.717) is 11.4 Å². The number of rotatable bonds is 6. The van der Waals surface area contributed by atoms with Crippen LogP contribution in [0.1, 0.15) is 13.8 Å². The van der Waals surface area contributed by atoms with Crippen molar-refractivity contribution < 1.29 is 13.2 Å². The molecule has 0 unspecified atom stereocenters. The molecule has 0 aromatic heterocycles. The van der Waals surface area contributed by atoms with Crippen molar-refractivity contribution >= 4 is 15.9 Å². The second kappa shape index (κ2) is 6.41. The van der Waals surface area contributed by atoms with Crippen molar-refractivity contribution in [1.29, 1.82) is 5.26 Å². The summed E-state index contributed by atoms with van der Waals surface area (Å²) in [5.41, 5.74) is 0.441. The number of nitrogens with zero attached hydrogens (tertiary/aromatic N) is 2. The Bertz CT molecular complexity index is 547. The Labute approximate surface area is 113 Å². The predicted molar refractivity (Wildman–Crippen MR) is 73.0 cm³/mol. The van der Waals surface area contributed by atoms with Gasteiger partial charge in [0, 0.05) is 13.1 Å². The summed E-state index contributed by atoms with van der Waals surface area (Å²) < 4.78 is 32.7. The number of nitrogens with one attached hydrogen (secondary N) is 1. The monoisotopic (exact) mass is 283 g/mol. The van der Waals surface area contributed by atoms with Gasteiger partial charge in [-0.05, 0) is 38.1 Å². The molecule has 0 spiro atoms. The van der Waals surface area contributed by atoms with Crippen LogP contribution in [0.15, 0.2) is 24.3 Å². The molecule has 0 aliphatic carbocycles. The molecule has 0 fully saturated rings. The van der Waals surface area contributed by atoms with Crippen molar-refractivity contribution in [3.63, 3.8) is 0 Å². The topological polar surface area (TPSA) is 82.4 Å². The maximum atomic E-state index is 11.9. The molecule has 1 rings (SSSR count). The van der Waals surface area contributed by atoms with Crippen LogP contribution in [0.3, 0.4) is 0 Å². The molecule has 0 heterocycles. The molecule has 19 heavy (non-hydrogen) atoms. The molecule has 1 aromatic carbocycles. The summed E-state index contributed by atoms with van der Waals surface area (Å²) in [5.74, 6) is 0.515. The van der Waals surface area contributed by atoms with Crippen LogP contribution in [-0.4, -0.2) is 32.4 Å².